The second-order valence-electron chi connectivity index (χ2n) is 12.1. The van der Waals surface area contributed by atoms with Gasteiger partial charge in [-0.15, -0.1) is 0 Å². The van der Waals surface area contributed by atoms with Crippen molar-refractivity contribution in [2.45, 2.75) is 54.3 Å². The molecule has 4 rings (SSSR count). The van der Waals surface area contributed by atoms with Crippen LogP contribution in [0.5, 0.6) is 23.0 Å². The highest BCUT2D eigenvalue weighted by atomic mass is 19.4. The summed E-state index contributed by atoms with van der Waals surface area (Å²) in [6.45, 7) is 13.4. The number of carbonyl (C=O) groups excluding carboxylic acids is 1. The van der Waals surface area contributed by atoms with Crippen LogP contribution in [0.25, 0.3) is 11.0 Å². The zero-order chi connectivity index (χ0) is 33.1. The largest absolute Gasteiger partial charge is 0.497 e. The third kappa shape index (κ3) is 8.05. The van der Waals surface area contributed by atoms with Gasteiger partial charge < -0.3 is 23.5 Å². The zero-order valence-electron chi connectivity index (χ0n) is 26.6. The van der Waals surface area contributed by atoms with Crippen molar-refractivity contribution in [3.05, 3.63) is 92.8 Å². The molecule has 1 heterocycles. The van der Waals surface area contributed by atoms with Crippen molar-refractivity contribution in [3.63, 3.8) is 0 Å². The van der Waals surface area contributed by atoms with Crippen LogP contribution in [0.3, 0.4) is 0 Å². The highest BCUT2D eigenvalue weighted by Gasteiger charge is 2.41. The Morgan fingerprint density at radius 2 is 1.51 bits per heavy atom. The second kappa shape index (κ2) is 13.8. The molecule has 0 aliphatic rings. The fraction of sp³-hybridized carbons (Fsp3) is 0.371. The van der Waals surface area contributed by atoms with E-state index in [9.17, 15) is 22.8 Å². The number of benzene rings is 3. The highest BCUT2D eigenvalue weighted by molar-refractivity contribution is 5.92. The first-order valence-corrected chi connectivity index (χ1v) is 14.8. The molecular weight excluding hydrogens is 587 g/mol. The van der Waals surface area contributed by atoms with Crippen LogP contribution in [0.2, 0.25) is 0 Å². The van der Waals surface area contributed by atoms with Crippen molar-refractivity contribution in [1.29, 1.82) is 0 Å². The molecule has 0 unspecified atom stereocenters. The fourth-order valence-corrected chi connectivity index (χ4v) is 5.23. The predicted octanol–water partition coefficient (Wildman–Crippen LogP) is 7.15. The number of alkyl halides is 3. The number of methoxy groups -OCH3 is 1. The van der Waals surface area contributed by atoms with Gasteiger partial charge in [-0.2, -0.15) is 13.2 Å². The summed E-state index contributed by atoms with van der Waals surface area (Å²) in [4.78, 5) is 28.0. The first-order valence-electron chi connectivity index (χ1n) is 14.8. The van der Waals surface area contributed by atoms with Crippen LogP contribution in [0.1, 0.15) is 60.5 Å². The summed E-state index contributed by atoms with van der Waals surface area (Å²) in [5.74, 6) is -2.10. The SMILES string of the molecule is COc1ccc(C(=O)Oc2ccc3c(=O)c(Oc4ccc(C)c(C)c4)c(C(F)(F)F)oc3c2C[NH+](CC(C)C)CC(C)C)cc1. The quantitative estimate of drug-likeness (QED) is 0.141. The Bertz CT molecular complexity index is 1720. The van der Waals surface area contributed by atoms with Crippen LogP contribution in [0, 0.1) is 25.7 Å². The Kier molecular flexibility index (Phi) is 10.3. The minimum Gasteiger partial charge on any atom is -0.497 e. The summed E-state index contributed by atoms with van der Waals surface area (Å²) in [5, 5.41) is -0.116. The molecule has 240 valence electrons. The maximum atomic E-state index is 14.5. The van der Waals surface area contributed by atoms with Gasteiger partial charge in [0.05, 0.1) is 36.7 Å². The van der Waals surface area contributed by atoms with E-state index in [0.29, 0.717) is 18.8 Å². The molecule has 0 saturated carbocycles. The molecule has 1 aromatic heterocycles. The molecule has 0 aliphatic carbocycles. The zero-order valence-corrected chi connectivity index (χ0v) is 26.6. The van der Waals surface area contributed by atoms with Crippen molar-refractivity contribution in [2.24, 2.45) is 11.8 Å². The standard InChI is InChI=1S/C35H38F3NO6/c1-20(2)17-39(18-21(3)4)19-28-29(44-34(41)24-9-12-25(42-7)13-10-24)15-14-27-30(40)32(33(35(36,37)38)45-31(27)28)43-26-11-8-22(5)23(6)16-26/h8-16,20-21H,17-19H2,1-7H3/p+1. The van der Waals surface area contributed by atoms with Gasteiger partial charge in [0.1, 0.15) is 23.8 Å². The molecular formula is C35H39F3NO6+. The van der Waals surface area contributed by atoms with Crippen molar-refractivity contribution < 1.29 is 41.5 Å². The van der Waals surface area contributed by atoms with E-state index >= 15 is 0 Å². The normalized spacial score (nSPS) is 11.9. The summed E-state index contributed by atoms with van der Waals surface area (Å²) < 4.78 is 65.7. The van der Waals surface area contributed by atoms with Gasteiger partial charge in [0.25, 0.3) is 5.76 Å². The minimum absolute atomic E-state index is 0.00688. The molecule has 7 nitrogen and oxygen atoms in total. The van der Waals surface area contributed by atoms with Crippen LogP contribution < -0.4 is 24.5 Å². The number of fused-ring (bicyclic) bond motifs is 1. The monoisotopic (exact) mass is 626 g/mol. The number of hydrogen-bond donors (Lipinski definition) is 1. The Morgan fingerprint density at radius 1 is 0.889 bits per heavy atom. The average molecular weight is 627 g/mol. The van der Waals surface area contributed by atoms with E-state index in [1.54, 1.807) is 31.2 Å². The van der Waals surface area contributed by atoms with E-state index in [1.165, 1.54) is 37.4 Å². The molecule has 45 heavy (non-hydrogen) atoms. The average Bonchev–Trinajstić information content (AvgIpc) is 2.96. The molecule has 0 atom stereocenters. The highest BCUT2D eigenvalue weighted by Crippen LogP contribution is 2.40. The lowest BCUT2D eigenvalue weighted by Gasteiger charge is -2.24. The van der Waals surface area contributed by atoms with Gasteiger partial charge in [-0.1, -0.05) is 33.8 Å². The predicted molar refractivity (Wildman–Crippen MR) is 166 cm³/mol. The van der Waals surface area contributed by atoms with E-state index in [0.717, 1.165) is 16.0 Å². The fourth-order valence-electron chi connectivity index (χ4n) is 5.23. The van der Waals surface area contributed by atoms with E-state index in [-0.39, 0.29) is 52.0 Å². The first kappa shape index (κ1) is 33.6. The third-order valence-electron chi connectivity index (χ3n) is 7.38. The second-order valence-corrected chi connectivity index (χ2v) is 12.1. The molecule has 10 heteroatoms. The van der Waals surface area contributed by atoms with Crippen LogP contribution in [-0.2, 0) is 12.7 Å². The number of hydrogen-bond acceptors (Lipinski definition) is 6. The van der Waals surface area contributed by atoms with Crippen LogP contribution >= 0.6 is 0 Å². The Labute approximate surface area is 260 Å². The molecule has 0 amide bonds. The number of esters is 1. The number of ether oxygens (including phenoxy) is 3. The van der Waals surface area contributed by atoms with Gasteiger partial charge in [0.15, 0.2) is 5.58 Å². The Hall–Kier alpha value is -4.31. The van der Waals surface area contributed by atoms with Gasteiger partial charge in [0, 0.05) is 11.8 Å². The molecule has 1 N–H and O–H groups in total. The maximum Gasteiger partial charge on any atom is 0.453 e. The molecule has 0 fully saturated rings. The summed E-state index contributed by atoms with van der Waals surface area (Å²) in [5.41, 5.74) is 0.821. The molecule has 0 bridgehead atoms. The molecule has 4 aromatic rings. The molecule has 3 aromatic carbocycles. The number of quaternary nitrogens is 1. The topological polar surface area (TPSA) is 79.4 Å². The van der Waals surface area contributed by atoms with Gasteiger partial charge in [-0.25, -0.2) is 4.79 Å². The van der Waals surface area contributed by atoms with E-state index < -0.39 is 29.1 Å². The summed E-state index contributed by atoms with van der Waals surface area (Å²) in [7, 11) is 1.50. The maximum absolute atomic E-state index is 14.5. The van der Waals surface area contributed by atoms with Gasteiger partial charge in [-0.3, -0.25) is 4.79 Å². The first-order chi connectivity index (χ1) is 21.2. The smallest absolute Gasteiger partial charge is 0.453 e. The van der Waals surface area contributed by atoms with E-state index in [1.807, 2.05) is 34.6 Å². The molecule has 0 radical (unpaired) electrons. The van der Waals surface area contributed by atoms with E-state index in [4.69, 9.17) is 18.6 Å². The van der Waals surface area contributed by atoms with Crippen LogP contribution in [-0.4, -0.2) is 26.2 Å². The minimum atomic E-state index is -5.06. The van der Waals surface area contributed by atoms with Crippen molar-refractivity contribution in [1.82, 2.24) is 0 Å². The number of nitrogens with one attached hydrogen (secondary N) is 1. The number of halogens is 3. The lowest BCUT2D eigenvalue weighted by molar-refractivity contribution is -0.919. The summed E-state index contributed by atoms with van der Waals surface area (Å²) in [6, 6.07) is 13.7. The Morgan fingerprint density at radius 3 is 2.07 bits per heavy atom. The lowest BCUT2D eigenvalue weighted by Crippen LogP contribution is -3.11. The lowest BCUT2D eigenvalue weighted by atomic mass is 10.1. The molecule has 0 spiro atoms. The number of carbonyl (C=O) groups is 1. The van der Waals surface area contributed by atoms with Gasteiger partial charge in [-0.05, 0) is 73.5 Å². The number of aryl methyl sites for hydroxylation is 2. The third-order valence-corrected chi connectivity index (χ3v) is 7.38. The molecule has 0 saturated heterocycles. The van der Waals surface area contributed by atoms with Gasteiger partial charge >= 0.3 is 12.1 Å². The summed E-state index contributed by atoms with van der Waals surface area (Å²) in [6.07, 6.45) is -5.06. The molecule has 0 aliphatic heterocycles. The summed E-state index contributed by atoms with van der Waals surface area (Å²) >= 11 is 0. The van der Waals surface area contributed by atoms with Crippen molar-refractivity contribution in [3.8, 4) is 23.0 Å². The van der Waals surface area contributed by atoms with Crippen LogP contribution in [0.4, 0.5) is 13.2 Å². The number of rotatable bonds is 11. The van der Waals surface area contributed by atoms with Crippen LogP contribution in [0.15, 0.2) is 63.8 Å². The Balaban J connectivity index is 1.92. The van der Waals surface area contributed by atoms with Crippen molar-refractivity contribution in [2.75, 3.05) is 20.2 Å². The van der Waals surface area contributed by atoms with Crippen molar-refractivity contribution >= 4 is 16.9 Å². The van der Waals surface area contributed by atoms with E-state index in [2.05, 4.69) is 0 Å². The van der Waals surface area contributed by atoms with Gasteiger partial charge in [0.2, 0.25) is 11.2 Å².